The van der Waals surface area contributed by atoms with Crippen LogP contribution in [0.15, 0.2) is 0 Å². The molecule has 0 aromatic heterocycles. The van der Waals surface area contributed by atoms with Crippen LogP contribution >= 0.6 is 17.0 Å². The first-order valence-electron chi connectivity index (χ1n) is 3.02. The van der Waals surface area contributed by atoms with E-state index in [4.69, 9.17) is 10.8 Å². The Labute approximate surface area is 75.5 Å². The van der Waals surface area contributed by atoms with Gasteiger partial charge in [0.2, 0.25) is 0 Å². The molecule has 0 spiro atoms. The Morgan fingerprint density at radius 1 is 1.55 bits per heavy atom. The van der Waals surface area contributed by atoms with E-state index >= 15 is 0 Å². The molecule has 0 amide bonds. The number of hydrogen-bond donors (Lipinski definition) is 2. The van der Waals surface area contributed by atoms with Crippen molar-refractivity contribution in [1.29, 1.82) is 0 Å². The maximum Gasteiger partial charge on any atom is 0.320 e. The highest BCUT2D eigenvalue weighted by Crippen LogP contribution is 1.94. The molecule has 66 valence electrons. The van der Waals surface area contributed by atoms with E-state index in [2.05, 4.69) is 0 Å². The molecule has 0 bridgehead atoms. The molecule has 0 aromatic rings. The van der Waals surface area contributed by atoms with E-state index in [1.54, 1.807) is 0 Å². The predicted octanol–water partition coefficient (Wildman–Crippen LogP) is 0.345. The summed E-state index contributed by atoms with van der Waals surface area (Å²) < 4.78 is 0. The zero-order valence-corrected chi connectivity index (χ0v) is 7.95. The molecule has 0 aromatic carbocycles. The number of carboxylic acids is 1. The number of nitrogens with two attached hydrogens (primary N) is 1. The molecule has 1 unspecified atom stereocenters. The monoisotopic (exact) mass is 225 g/mol. The van der Waals surface area contributed by atoms with Crippen LogP contribution in [-0.4, -0.2) is 22.9 Å². The molecular formula is C6H12BrNO3. The first-order valence-corrected chi connectivity index (χ1v) is 3.02. The van der Waals surface area contributed by atoms with E-state index < -0.39 is 12.0 Å². The van der Waals surface area contributed by atoms with Crippen molar-refractivity contribution >= 4 is 28.7 Å². The third kappa shape index (κ3) is 7.48. The van der Waals surface area contributed by atoms with Gasteiger partial charge in [-0.05, 0) is 13.3 Å². The van der Waals surface area contributed by atoms with E-state index in [9.17, 15) is 9.59 Å². The van der Waals surface area contributed by atoms with Crippen LogP contribution in [0.1, 0.15) is 19.8 Å². The van der Waals surface area contributed by atoms with Gasteiger partial charge in [0.05, 0.1) is 0 Å². The summed E-state index contributed by atoms with van der Waals surface area (Å²) in [6.07, 6.45) is 0.470. The van der Waals surface area contributed by atoms with E-state index in [-0.39, 0.29) is 35.6 Å². The molecule has 0 fully saturated rings. The van der Waals surface area contributed by atoms with Crippen molar-refractivity contribution in [2.75, 3.05) is 0 Å². The van der Waals surface area contributed by atoms with Crippen LogP contribution in [0.4, 0.5) is 0 Å². The van der Waals surface area contributed by atoms with Crippen LogP contribution in [0, 0.1) is 0 Å². The number of halogens is 1. The molecule has 1 atom stereocenters. The molecule has 4 nitrogen and oxygen atoms in total. The fourth-order valence-corrected chi connectivity index (χ4v) is 0.482. The lowest BCUT2D eigenvalue weighted by molar-refractivity contribution is -0.138. The molecule has 3 N–H and O–H groups in total. The Balaban J connectivity index is 0. The maximum absolute atomic E-state index is 10.3. The normalized spacial score (nSPS) is 11.5. The summed E-state index contributed by atoms with van der Waals surface area (Å²) >= 11 is 0. The highest BCUT2D eigenvalue weighted by atomic mass is 79.9. The summed E-state index contributed by atoms with van der Waals surface area (Å²) in [4.78, 5) is 20.4. The smallest absolute Gasteiger partial charge is 0.320 e. The van der Waals surface area contributed by atoms with Gasteiger partial charge in [0.1, 0.15) is 11.8 Å². The van der Waals surface area contributed by atoms with Crippen molar-refractivity contribution in [3.8, 4) is 0 Å². The minimum absolute atomic E-state index is 0. The molecular weight excluding hydrogens is 214 g/mol. The minimum Gasteiger partial charge on any atom is -0.480 e. The Morgan fingerprint density at radius 3 is 2.27 bits per heavy atom. The van der Waals surface area contributed by atoms with Crippen LogP contribution in [0.3, 0.4) is 0 Å². The number of hydrogen-bond acceptors (Lipinski definition) is 3. The van der Waals surface area contributed by atoms with E-state index in [1.165, 1.54) is 6.92 Å². The van der Waals surface area contributed by atoms with Gasteiger partial charge in [0.15, 0.2) is 0 Å². The second-order valence-corrected chi connectivity index (χ2v) is 2.19. The molecule has 0 heterocycles. The van der Waals surface area contributed by atoms with Gasteiger partial charge in [0.25, 0.3) is 0 Å². The van der Waals surface area contributed by atoms with Crippen molar-refractivity contribution in [1.82, 2.24) is 0 Å². The van der Waals surface area contributed by atoms with Crippen molar-refractivity contribution in [2.24, 2.45) is 5.73 Å². The number of carbonyl (C=O) groups excluding carboxylic acids is 1. The second kappa shape index (κ2) is 6.30. The topological polar surface area (TPSA) is 80.4 Å². The Morgan fingerprint density at radius 2 is 2.00 bits per heavy atom. The average molecular weight is 226 g/mol. The zero-order valence-electron chi connectivity index (χ0n) is 6.24. The number of rotatable bonds is 4. The van der Waals surface area contributed by atoms with Crippen molar-refractivity contribution in [3.63, 3.8) is 0 Å². The number of carbonyl (C=O) groups is 2. The quantitative estimate of drug-likeness (QED) is 0.724. The van der Waals surface area contributed by atoms with Crippen molar-refractivity contribution in [3.05, 3.63) is 0 Å². The maximum atomic E-state index is 10.3. The first-order chi connectivity index (χ1) is 4.54. The highest BCUT2D eigenvalue weighted by molar-refractivity contribution is 8.93. The van der Waals surface area contributed by atoms with Gasteiger partial charge >= 0.3 is 5.97 Å². The van der Waals surface area contributed by atoms with Gasteiger partial charge in [-0.25, -0.2) is 0 Å². The SMILES string of the molecule is Br.CC(=O)CCC(N)C(=O)O. The molecule has 0 saturated heterocycles. The summed E-state index contributed by atoms with van der Waals surface area (Å²) in [5, 5.41) is 8.26. The van der Waals surface area contributed by atoms with Crippen LogP contribution in [0.2, 0.25) is 0 Å². The first kappa shape index (κ1) is 13.2. The molecule has 5 heteroatoms. The lowest BCUT2D eigenvalue weighted by Crippen LogP contribution is -2.30. The summed E-state index contributed by atoms with van der Waals surface area (Å²) in [7, 11) is 0. The lowest BCUT2D eigenvalue weighted by atomic mass is 10.1. The fraction of sp³-hybridized carbons (Fsp3) is 0.667. The Bertz CT molecular complexity index is 149. The van der Waals surface area contributed by atoms with Gasteiger partial charge in [-0.15, -0.1) is 17.0 Å². The average Bonchev–Trinajstić information content (AvgIpc) is 1.82. The third-order valence-electron chi connectivity index (χ3n) is 1.12. The number of carboxylic acid groups (broad SMARTS) is 1. The van der Waals surface area contributed by atoms with Crippen LogP contribution in [-0.2, 0) is 9.59 Å². The number of Topliss-reactive ketones (excluding diaryl/α,β-unsaturated/α-hetero) is 1. The van der Waals surface area contributed by atoms with Gasteiger partial charge in [-0.1, -0.05) is 0 Å². The molecule has 0 aliphatic heterocycles. The molecule has 0 rings (SSSR count). The zero-order chi connectivity index (χ0) is 8.15. The van der Waals surface area contributed by atoms with Crippen LogP contribution in [0.5, 0.6) is 0 Å². The molecule has 11 heavy (non-hydrogen) atoms. The Kier molecular flexibility index (Phi) is 7.55. The summed E-state index contributed by atoms with van der Waals surface area (Å²) in [6, 6.07) is -0.899. The summed E-state index contributed by atoms with van der Waals surface area (Å²) in [5.41, 5.74) is 5.11. The fourth-order valence-electron chi connectivity index (χ4n) is 0.482. The number of ketones is 1. The minimum atomic E-state index is -1.05. The summed E-state index contributed by atoms with van der Waals surface area (Å²) in [6.45, 7) is 1.41. The largest absolute Gasteiger partial charge is 0.480 e. The van der Waals surface area contributed by atoms with Crippen LogP contribution < -0.4 is 5.73 Å². The lowest BCUT2D eigenvalue weighted by Gasteiger charge is -2.02. The van der Waals surface area contributed by atoms with E-state index in [0.717, 1.165) is 0 Å². The molecule has 0 aliphatic rings. The van der Waals surface area contributed by atoms with Gasteiger partial charge in [0, 0.05) is 6.42 Å². The third-order valence-corrected chi connectivity index (χ3v) is 1.12. The van der Waals surface area contributed by atoms with Crippen molar-refractivity contribution in [2.45, 2.75) is 25.8 Å². The molecule has 0 aliphatic carbocycles. The standard InChI is InChI=1S/C6H11NO3.BrH/c1-4(8)2-3-5(7)6(9)10;/h5H,2-3,7H2,1H3,(H,9,10);1H. The predicted molar refractivity (Wildman–Crippen MR) is 45.8 cm³/mol. The van der Waals surface area contributed by atoms with Crippen LogP contribution in [0.25, 0.3) is 0 Å². The van der Waals surface area contributed by atoms with Gasteiger partial charge in [-0.2, -0.15) is 0 Å². The van der Waals surface area contributed by atoms with Gasteiger partial charge in [-0.3, -0.25) is 4.79 Å². The van der Waals surface area contributed by atoms with Gasteiger partial charge < -0.3 is 15.6 Å². The van der Waals surface area contributed by atoms with Crippen molar-refractivity contribution < 1.29 is 14.7 Å². The number of aliphatic carboxylic acids is 1. The summed E-state index contributed by atoms with van der Waals surface area (Å²) in [5.74, 6) is -1.09. The van der Waals surface area contributed by atoms with E-state index in [0.29, 0.717) is 0 Å². The molecule has 0 radical (unpaired) electrons. The Hall–Kier alpha value is -0.420. The second-order valence-electron chi connectivity index (χ2n) is 2.19. The van der Waals surface area contributed by atoms with E-state index in [1.807, 2.05) is 0 Å². The molecule has 0 saturated carbocycles. The highest BCUT2D eigenvalue weighted by Gasteiger charge is 2.10.